The maximum absolute atomic E-state index is 11.3. The van der Waals surface area contributed by atoms with Crippen LogP contribution in [0.25, 0.3) is 0 Å². The first-order chi connectivity index (χ1) is 8.61. The number of piperidine rings is 1. The molecular formula is C12H17N3O2S. The molecule has 0 atom stereocenters. The smallest absolute Gasteiger partial charge is 0.339 e. The number of carboxylic acid groups (broad SMARTS) is 1. The second kappa shape index (κ2) is 5.56. The van der Waals surface area contributed by atoms with E-state index in [0.717, 1.165) is 25.9 Å². The molecule has 5 nitrogen and oxygen atoms in total. The summed E-state index contributed by atoms with van der Waals surface area (Å²) in [7, 11) is 0. The number of carboxylic acids is 1. The van der Waals surface area contributed by atoms with Crippen molar-refractivity contribution < 1.29 is 9.90 Å². The van der Waals surface area contributed by atoms with Gasteiger partial charge in [0.2, 0.25) is 0 Å². The fourth-order valence-electron chi connectivity index (χ4n) is 2.08. The number of nitrogens with zero attached hydrogens (tertiary/aromatic N) is 3. The summed E-state index contributed by atoms with van der Waals surface area (Å²) in [5.74, 6) is 0.272. The molecule has 0 bridgehead atoms. The van der Waals surface area contributed by atoms with Crippen LogP contribution in [0, 0.1) is 5.92 Å². The van der Waals surface area contributed by atoms with E-state index in [1.165, 1.54) is 11.8 Å². The molecule has 0 saturated carbocycles. The number of rotatable bonds is 3. The molecule has 1 saturated heterocycles. The molecule has 6 heteroatoms. The molecule has 18 heavy (non-hydrogen) atoms. The van der Waals surface area contributed by atoms with Crippen molar-refractivity contribution in [2.45, 2.75) is 24.8 Å². The van der Waals surface area contributed by atoms with Crippen LogP contribution in [-0.4, -0.2) is 40.6 Å². The first-order valence-corrected chi connectivity index (χ1v) is 7.24. The van der Waals surface area contributed by atoms with Crippen molar-refractivity contribution in [1.82, 2.24) is 10.2 Å². The van der Waals surface area contributed by atoms with E-state index in [-0.39, 0.29) is 5.56 Å². The van der Waals surface area contributed by atoms with Crippen LogP contribution in [0.5, 0.6) is 0 Å². The van der Waals surface area contributed by atoms with E-state index in [1.54, 1.807) is 6.07 Å². The summed E-state index contributed by atoms with van der Waals surface area (Å²) in [4.78, 5) is 13.3. The van der Waals surface area contributed by atoms with E-state index in [4.69, 9.17) is 0 Å². The fraction of sp³-hybridized carbons (Fsp3) is 0.583. The number of anilines is 1. The first-order valence-electron chi connectivity index (χ1n) is 6.01. The molecule has 1 aliphatic heterocycles. The number of thioether (sulfide) groups is 1. The summed E-state index contributed by atoms with van der Waals surface area (Å²) in [6.45, 7) is 3.93. The molecule has 0 spiro atoms. The minimum absolute atomic E-state index is 0.254. The summed E-state index contributed by atoms with van der Waals surface area (Å²) >= 11 is 1.40. The van der Waals surface area contributed by atoms with E-state index in [0.29, 0.717) is 16.8 Å². The molecule has 0 unspecified atom stereocenters. The van der Waals surface area contributed by atoms with Crippen molar-refractivity contribution in [2.75, 3.05) is 24.2 Å². The minimum atomic E-state index is -0.936. The van der Waals surface area contributed by atoms with Gasteiger partial charge in [-0.1, -0.05) is 6.92 Å². The second-order valence-corrected chi connectivity index (χ2v) is 5.43. The lowest BCUT2D eigenvalue weighted by molar-refractivity contribution is 0.0696. The summed E-state index contributed by atoms with van der Waals surface area (Å²) in [5, 5.41) is 18.0. The van der Waals surface area contributed by atoms with Gasteiger partial charge in [0.05, 0.1) is 0 Å². The average Bonchev–Trinajstić information content (AvgIpc) is 2.39. The minimum Gasteiger partial charge on any atom is -0.478 e. The van der Waals surface area contributed by atoms with E-state index < -0.39 is 5.97 Å². The van der Waals surface area contributed by atoms with Crippen LogP contribution in [0.1, 0.15) is 30.1 Å². The number of aromatic carboxylic acids is 1. The van der Waals surface area contributed by atoms with E-state index in [2.05, 4.69) is 17.1 Å². The van der Waals surface area contributed by atoms with Gasteiger partial charge in [-0.05, 0) is 31.1 Å². The van der Waals surface area contributed by atoms with Gasteiger partial charge < -0.3 is 10.0 Å². The van der Waals surface area contributed by atoms with Crippen molar-refractivity contribution in [3.8, 4) is 0 Å². The number of hydrogen-bond donors (Lipinski definition) is 1. The highest BCUT2D eigenvalue weighted by molar-refractivity contribution is 7.98. The quantitative estimate of drug-likeness (QED) is 0.846. The van der Waals surface area contributed by atoms with Gasteiger partial charge in [-0.2, -0.15) is 0 Å². The average molecular weight is 267 g/mol. The number of hydrogen-bond acceptors (Lipinski definition) is 5. The van der Waals surface area contributed by atoms with Gasteiger partial charge in [0, 0.05) is 13.1 Å². The molecule has 0 aromatic carbocycles. The van der Waals surface area contributed by atoms with Crippen LogP contribution in [-0.2, 0) is 0 Å². The third-order valence-corrected chi connectivity index (χ3v) is 3.89. The maximum Gasteiger partial charge on any atom is 0.339 e. The molecule has 0 radical (unpaired) electrons. The molecule has 0 amide bonds. The molecule has 1 fully saturated rings. The summed E-state index contributed by atoms with van der Waals surface area (Å²) in [6.07, 6.45) is 4.01. The SMILES string of the molecule is CSc1cc(C(=O)O)c(N2CCC(C)CC2)nn1. The molecule has 2 heterocycles. The van der Waals surface area contributed by atoms with Crippen LogP contribution in [0.2, 0.25) is 0 Å². The van der Waals surface area contributed by atoms with Crippen molar-refractivity contribution in [2.24, 2.45) is 5.92 Å². The Morgan fingerprint density at radius 3 is 2.67 bits per heavy atom. The largest absolute Gasteiger partial charge is 0.478 e. The van der Waals surface area contributed by atoms with Crippen molar-refractivity contribution in [3.05, 3.63) is 11.6 Å². The topological polar surface area (TPSA) is 66.3 Å². The maximum atomic E-state index is 11.3. The highest BCUT2D eigenvalue weighted by Crippen LogP contribution is 2.25. The van der Waals surface area contributed by atoms with Crippen molar-refractivity contribution in [1.29, 1.82) is 0 Å². The molecule has 1 N–H and O–H groups in total. The predicted octanol–water partition coefficient (Wildman–Crippen LogP) is 2.13. The van der Waals surface area contributed by atoms with Gasteiger partial charge in [-0.15, -0.1) is 22.0 Å². The van der Waals surface area contributed by atoms with E-state index in [9.17, 15) is 9.90 Å². The second-order valence-electron chi connectivity index (χ2n) is 4.60. The van der Waals surface area contributed by atoms with E-state index >= 15 is 0 Å². The molecule has 1 aromatic rings. The van der Waals surface area contributed by atoms with Gasteiger partial charge in [-0.25, -0.2) is 4.79 Å². The molecule has 1 aliphatic rings. The van der Waals surface area contributed by atoms with Gasteiger partial charge in [-0.3, -0.25) is 0 Å². The lowest BCUT2D eigenvalue weighted by atomic mass is 9.99. The highest BCUT2D eigenvalue weighted by Gasteiger charge is 2.23. The van der Waals surface area contributed by atoms with Crippen LogP contribution >= 0.6 is 11.8 Å². The Hall–Kier alpha value is -1.30. The standard InChI is InChI=1S/C12H17N3O2S/c1-8-3-5-15(6-4-8)11-9(12(16)17)7-10(18-2)13-14-11/h7-8H,3-6H2,1-2H3,(H,16,17). The molecule has 2 rings (SSSR count). The normalized spacial score (nSPS) is 16.9. The third kappa shape index (κ3) is 2.75. The Balaban J connectivity index is 2.29. The zero-order valence-electron chi connectivity index (χ0n) is 10.6. The number of aromatic nitrogens is 2. The molecule has 98 valence electrons. The Bertz CT molecular complexity index is 445. The van der Waals surface area contributed by atoms with Gasteiger partial charge in [0.1, 0.15) is 10.6 Å². The lowest BCUT2D eigenvalue weighted by Gasteiger charge is -2.31. The van der Waals surface area contributed by atoms with Gasteiger partial charge in [0.25, 0.3) is 0 Å². The zero-order valence-corrected chi connectivity index (χ0v) is 11.4. The molecular weight excluding hydrogens is 250 g/mol. The third-order valence-electron chi connectivity index (χ3n) is 3.27. The van der Waals surface area contributed by atoms with Gasteiger partial charge in [0.15, 0.2) is 5.82 Å². The Kier molecular flexibility index (Phi) is 4.06. The fourth-order valence-corrected chi connectivity index (χ4v) is 2.44. The van der Waals surface area contributed by atoms with Crippen LogP contribution < -0.4 is 4.90 Å². The van der Waals surface area contributed by atoms with Crippen LogP contribution in [0.15, 0.2) is 11.1 Å². The Labute approximate surface area is 111 Å². The first kappa shape index (κ1) is 13.1. The summed E-state index contributed by atoms with van der Waals surface area (Å²) < 4.78 is 0. The van der Waals surface area contributed by atoms with E-state index in [1.807, 2.05) is 11.2 Å². The summed E-state index contributed by atoms with van der Waals surface area (Å²) in [5.41, 5.74) is 0.254. The Morgan fingerprint density at radius 2 is 2.11 bits per heavy atom. The predicted molar refractivity (Wildman–Crippen MR) is 71.4 cm³/mol. The monoisotopic (exact) mass is 267 g/mol. The lowest BCUT2D eigenvalue weighted by Crippen LogP contribution is -2.34. The zero-order chi connectivity index (χ0) is 13.1. The van der Waals surface area contributed by atoms with Crippen molar-refractivity contribution >= 4 is 23.5 Å². The Morgan fingerprint density at radius 1 is 1.44 bits per heavy atom. The molecule has 1 aromatic heterocycles. The van der Waals surface area contributed by atoms with Crippen molar-refractivity contribution in [3.63, 3.8) is 0 Å². The van der Waals surface area contributed by atoms with Gasteiger partial charge >= 0.3 is 5.97 Å². The summed E-state index contributed by atoms with van der Waals surface area (Å²) in [6, 6.07) is 1.60. The molecule has 0 aliphatic carbocycles. The highest BCUT2D eigenvalue weighted by atomic mass is 32.2. The van der Waals surface area contributed by atoms with Crippen LogP contribution in [0.3, 0.4) is 0 Å². The van der Waals surface area contributed by atoms with Crippen LogP contribution in [0.4, 0.5) is 5.82 Å². The number of carbonyl (C=O) groups is 1.